The Balaban J connectivity index is 2.02. The highest BCUT2D eigenvalue weighted by Gasteiger charge is 2.15. The molecule has 2 heterocycles. The Morgan fingerprint density at radius 2 is 2.29 bits per heavy atom. The van der Waals surface area contributed by atoms with Crippen molar-refractivity contribution in [3.63, 3.8) is 0 Å². The number of aromatic nitrogens is 3. The first kappa shape index (κ1) is 13.8. The fraction of sp³-hybridized carbons (Fsp3) is 0.267. The van der Waals surface area contributed by atoms with Crippen LogP contribution in [-0.2, 0) is 6.54 Å². The molecule has 0 bridgehead atoms. The molecular weight excluding hydrogens is 286 g/mol. The minimum absolute atomic E-state index is 0.259. The molecule has 0 amide bonds. The van der Waals surface area contributed by atoms with Gasteiger partial charge in [0.25, 0.3) is 0 Å². The number of benzene rings is 1. The van der Waals surface area contributed by atoms with Crippen LogP contribution < -0.4 is 0 Å². The Labute approximate surface area is 125 Å². The lowest BCUT2D eigenvalue weighted by molar-refractivity contribution is 0.0697. The van der Waals surface area contributed by atoms with Crippen molar-refractivity contribution in [2.24, 2.45) is 0 Å². The Morgan fingerprint density at radius 3 is 2.95 bits per heavy atom. The Hall–Kier alpha value is -2.21. The van der Waals surface area contributed by atoms with Gasteiger partial charge in [-0.25, -0.2) is 14.8 Å². The maximum Gasteiger partial charge on any atom is 0.335 e. The van der Waals surface area contributed by atoms with Crippen LogP contribution in [0, 0.1) is 6.92 Å². The molecule has 1 aromatic carbocycles. The third-order valence-corrected chi connectivity index (χ3v) is 4.52. The van der Waals surface area contributed by atoms with E-state index < -0.39 is 5.97 Å². The number of aryl methyl sites for hydroxylation is 1. The number of hydrogen-bond donors (Lipinski definition) is 1. The quantitative estimate of drug-likeness (QED) is 0.802. The van der Waals surface area contributed by atoms with Gasteiger partial charge in [-0.2, -0.15) is 0 Å². The van der Waals surface area contributed by atoms with Crippen LogP contribution in [0.15, 0.2) is 29.8 Å². The third kappa shape index (κ3) is 2.54. The first-order valence-electron chi connectivity index (χ1n) is 6.66. The Bertz CT molecular complexity index is 793. The predicted octanol–water partition coefficient (Wildman–Crippen LogP) is 3.30. The largest absolute Gasteiger partial charge is 0.478 e. The zero-order valence-corrected chi connectivity index (χ0v) is 12.6. The first-order valence-corrected chi connectivity index (χ1v) is 7.54. The summed E-state index contributed by atoms with van der Waals surface area (Å²) in [6.45, 7) is 4.79. The van der Waals surface area contributed by atoms with Crippen LogP contribution in [0.3, 0.4) is 0 Å². The topological polar surface area (TPSA) is 68.0 Å². The van der Waals surface area contributed by atoms with E-state index in [1.807, 2.05) is 12.3 Å². The second-order valence-corrected chi connectivity index (χ2v) is 5.98. The van der Waals surface area contributed by atoms with Crippen LogP contribution in [0.5, 0.6) is 0 Å². The number of hydrogen-bond acceptors (Lipinski definition) is 4. The second-order valence-electron chi connectivity index (χ2n) is 5.05. The zero-order valence-electron chi connectivity index (χ0n) is 11.8. The van der Waals surface area contributed by atoms with Crippen molar-refractivity contribution in [1.82, 2.24) is 14.5 Å². The summed E-state index contributed by atoms with van der Waals surface area (Å²) in [7, 11) is 0. The number of nitrogens with zero attached hydrogens (tertiary/aromatic N) is 3. The lowest BCUT2D eigenvalue weighted by Gasteiger charge is -2.12. The van der Waals surface area contributed by atoms with Gasteiger partial charge in [0.05, 0.1) is 21.6 Å². The highest BCUT2D eigenvalue weighted by molar-refractivity contribution is 7.09. The van der Waals surface area contributed by atoms with Crippen molar-refractivity contribution in [1.29, 1.82) is 0 Å². The van der Waals surface area contributed by atoms with E-state index in [1.165, 1.54) is 0 Å². The van der Waals surface area contributed by atoms with E-state index >= 15 is 0 Å². The molecular formula is C15H15N3O2S. The van der Waals surface area contributed by atoms with Crippen molar-refractivity contribution in [3.05, 3.63) is 46.2 Å². The molecule has 21 heavy (non-hydrogen) atoms. The number of rotatable bonds is 4. The molecule has 0 radical (unpaired) electrons. The molecule has 3 rings (SSSR count). The minimum Gasteiger partial charge on any atom is -0.478 e. The molecule has 2 aromatic heterocycles. The maximum absolute atomic E-state index is 11.1. The molecule has 0 spiro atoms. The normalized spacial score (nSPS) is 12.7. The molecule has 1 atom stereocenters. The molecule has 0 aliphatic heterocycles. The number of carboxylic acid groups (broad SMARTS) is 1. The van der Waals surface area contributed by atoms with E-state index in [1.54, 1.807) is 35.7 Å². The fourth-order valence-corrected chi connectivity index (χ4v) is 3.13. The van der Waals surface area contributed by atoms with Crippen LogP contribution in [-0.4, -0.2) is 25.6 Å². The molecule has 0 saturated carbocycles. The van der Waals surface area contributed by atoms with E-state index in [-0.39, 0.29) is 11.5 Å². The van der Waals surface area contributed by atoms with Crippen molar-refractivity contribution < 1.29 is 9.90 Å². The summed E-state index contributed by atoms with van der Waals surface area (Å²) in [6, 6.07) is 5.04. The lowest BCUT2D eigenvalue weighted by atomic mass is 10.1. The molecule has 0 aliphatic carbocycles. The van der Waals surface area contributed by atoms with E-state index in [9.17, 15) is 4.79 Å². The van der Waals surface area contributed by atoms with Gasteiger partial charge in [-0.15, -0.1) is 11.3 Å². The van der Waals surface area contributed by atoms with Crippen LogP contribution in [0.25, 0.3) is 11.0 Å². The summed E-state index contributed by atoms with van der Waals surface area (Å²) in [5.41, 5.74) is 1.96. The predicted molar refractivity (Wildman–Crippen MR) is 82.0 cm³/mol. The Morgan fingerprint density at radius 1 is 1.48 bits per heavy atom. The van der Waals surface area contributed by atoms with Crippen LogP contribution >= 0.6 is 11.3 Å². The van der Waals surface area contributed by atoms with Gasteiger partial charge in [0.2, 0.25) is 0 Å². The van der Waals surface area contributed by atoms with Gasteiger partial charge in [-0.05, 0) is 25.1 Å². The molecule has 1 N–H and O–H groups in total. The third-order valence-electron chi connectivity index (χ3n) is 3.52. The van der Waals surface area contributed by atoms with Gasteiger partial charge in [0, 0.05) is 24.0 Å². The fourth-order valence-electron chi connectivity index (χ4n) is 2.44. The van der Waals surface area contributed by atoms with Gasteiger partial charge in [0.15, 0.2) is 0 Å². The summed E-state index contributed by atoms with van der Waals surface area (Å²) in [4.78, 5) is 20.0. The standard InChI is InChI=1S/C15H15N3O2S/c1-9(14-16-5-6-21-14)8-18-10(2)17-12-4-3-11(15(19)20)7-13(12)18/h3-7,9H,8H2,1-2H3,(H,19,20). The van der Waals surface area contributed by atoms with Crippen LogP contribution in [0.4, 0.5) is 0 Å². The van der Waals surface area contributed by atoms with Gasteiger partial charge < -0.3 is 9.67 Å². The number of aromatic carboxylic acids is 1. The van der Waals surface area contributed by atoms with Crippen LogP contribution in [0.2, 0.25) is 0 Å². The smallest absolute Gasteiger partial charge is 0.335 e. The number of carboxylic acids is 1. The van der Waals surface area contributed by atoms with Gasteiger partial charge in [0.1, 0.15) is 5.82 Å². The molecule has 3 aromatic rings. The number of thiazole rings is 1. The molecule has 5 nitrogen and oxygen atoms in total. The van der Waals surface area contributed by atoms with E-state index in [4.69, 9.17) is 5.11 Å². The van der Waals surface area contributed by atoms with Crippen LogP contribution in [0.1, 0.15) is 34.0 Å². The average molecular weight is 301 g/mol. The van der Waals surface area contributed by atoms with E-state index in [2.05, 4.69) is 21.5 Å². The zero-order chi connectivity index (χ0) is 15.0. The molecule has 108 valence electrons. The molecule has 0 fully saturated rings. The maximum atomic E-state index is 11.1. The van der Waals surface area contributed by atoms with Gasteiger partial charge in [-0.1, -0.05) is 6.92 Å². The summed E-state index contributed by atoms with van der Waals surface area (Å²) in [5, 5.41) is 12.2. The highest BCUT2D eigenvalue weighted by atomic mass is 32.1. The summed E-state index contributed by atoms with van der Waals surface area (Å²) in [5.74, 6) is 0.223. The number of carbonyl (C=O) groups is 1. The van der Waals surface area contributed by atoms with Crippen molar-refractivity contribution >= 4 is 28.3 Å². The molecule has 0 aliphatic rings. The number of fused-ring (bicyclic) bond motifs is 1. The number of imidazole rings is 1. The molecule has 1 unspecified atom stereocenters. The van der Waals surface area contributed by atoms with Gasteiger partial charge in [-0.3, -0.25) is 0 Å². The van der Waals surface area contributed by atoms with Gasteiger partial charge >= 0.3 is 5.97 Å². The molecule has 6 heteroatoms. The summed E-state index contributed by atoms with van der Waals surface area (Å²) < 4.78 is 2.06. The van der Waals surface area contributed by atoms with Crippen molar-refractivity contribution in [2.75, 3.05) is 0 Å². The monoisotopic (exact) mass is 301 g/mol. The highest BCUT2D eigenvalue weighted by Crippen LogP contribution is 2.24. The Kier molecular flexibility index (Phi) is 3.47. The van der Waals surface area contributed by atoms with Crippen molar-refractivity contribution in [2.45, 2.75) is 26.3 Å². The molecule has 0 saturated heterocycles. The summed E-state index contributed by atoms with van der Waals surface area (Å²) in [6.07, 6.45) is 1.80. The summed E-state index contributed by atoms with van der Waals surface area (Å²) >= 11 is 1.63. The average Bonchev–Trinajstić information content (AvgIpc) is 3.07. The van der Waals surface area contributed by atoms with E-state index in [0.717, 1.165) is 28.4 Å². The first-order chi connectivity index (χ1) is 10.1. The van der Waals surface area contributed by atoms with Crippen molar-refractivity contribution in [3.8, 4) is 0 Å². The second kappa shape index (κ2) is 5.29. The lowest BCUT2D eigenvalue weighted by Crippen LogP contribution is -2.08. The SMILES string of the molecule is Cc1nc2ccc(C(=O)O)cc2n1CC(C)c1nccs1. The minimum atomic E-state index is -0.921. The van der Waals surface area contributed by atoms with E-state index in [0.29, 0.717) is 0 Å².